The molecule has 0 spiro atoms. The molecular weight excluding hydrogens is 294 g/mol. The Bertz CT molecular complexity index is 532. The van der Waals surface area contributed by atoms with Gasteiger partial charge in [-0.3, -0.25) is 14.6 Å². The second-order valence-electron chi connectivity index (χ2n) is 6.97. The van der Waals surface area contributed by atoms with Crippen LogP contribution in [0.1, 0.15) is 51.2 Å². The summed E-state index contributed by atoms with van der Waals surface area (Å²) in [7, 11) is 0. The largest absolute Gasteiger partial charge is 0.352 e. The Balaban J connectivity index is 1.44. The van der Waals surface area contributed by atoms with Crippen LogP contribution in [0.3, 0.4) is 0 Å². The maximum absolute atomic E-state index is 12.1. The minimum absolute atomic E-state index is 0.0475. The first-order valence-electron chi connectivity index (χ1n) is 8.62. The number of carbonyl (C=O) groups is 1. The number of aromatic nitrogens is 2. The molecule has 1 unspecified atom stereocenters. The van der Waals surface area contributed by atoms with Gasteiger partial charge >= 0.3 is 0 Å². The van der Waals surface area contributed by atoms with Crippen molar-refractivity contribution >= 4 is 5.91 Å². The van der Waals surface area contributed by atoms with Crippen molar-refractivity contribution in [1.29, 1.82) is 0 Å². The molecule has 1 aromatic rings. The quantitative estimate of drug-likeness (QED) is 0.842. The fraction of sp³-hybridized carbons (Fsp3) is 0.812. The molecule has 1 aliphatic heterocycles. The zero-order valence-electron chi connectivity index (χ0n) is 14.3. The molecule has 2 aliphatic rings. The monoisotopic (exact) mass is 321 g/mol. The minimum Gasteiger partial charge on any atom is -0.352 e. The van der Waals surface area contributed by atoms with Gasteiger partial charge in [-0.15, -0.1) is 0 Å². The maximum Gasteiger partial charge on any atom is 0.240 e. The lowest BCUT2D eigenvalue weighted by Gasteiger charge is -2.36. The van der Waals surface area contributed by atoms with Crippen molar-refractivity contribution < 1.29 is 9.32 Å². The molecule has 128 valence electrons. The average Bonchev–Trinajstić information content (AvgIpc) is 3.22. The first-order chi connectivity index (χ1) is 11.0. The molecule has 1 aliphatic carbocycles. The van der Waals surface area contributed by atoms with Gasteiger partial charge < -0.3 is 9.84 Å². The number of amides is 1. The number of rotatable bonds is 6. The summed E-state index contributed by atoms with van der Waals surface area (Å²) in [4.78, 5) is 21.1. The summed E-state index contributed by atoms with van der Waals surface area (Å²) in [6.07, 6.45) is 2.27. The van der Waals surface area contributed by atoms with Crippen LogP contribution in [0.5, 0.6) is 0 Å². The molecule has 1 N–H and O–H groups in total. The average molecular weight is 321 g/mol. The van der Waals surface area contributed by atoms with Gasteiger partial charge in [0, 0.05) is 38.1 Å². The van der Waals surface area contributed by atoms with E-state index in [1.807, 2.05) is 6.92 Å². The predicted octanol–water partition coefficient (Wildman–Crippen LogP) is 0.978. The molecule has 3 rings (SSSR count). The highest BCUT2D eigenvalue weighted by Gasteiger charge is 2.30. The summed E-state index contributed by atoms with van der Waals surface area (Å²) in [5.74, 6) is 1.90. The Morgan fingerprint density at radius 2 is 1.96 bits per heavy atom. The van der Waals surface area contributed by atoms with E-state index in [0.29, 0.717) is 18.5 Å². The first-order valence-corrected chi connectivity index (χ1v) is 8.62. The number of hydrogen-bond donors (Lipinski definition) is 1. The lowest BCUT2D eigenvalue weighted by atomic mass is 10.2. The van der Waals surface area contributed by atoms with Crippen LogP contribution in [0.15, 0.2) is 4.52 Å². The molecule has 7 heteroatoms. The van der Waals surface area contributed by atoms with E-state index in [4.69, 9.17) is 4.52 Å². The molecule has 0 aromatic carbocycles. The lowest BCUT2D eigenvalue weighted by molar-refractivity contribution is -0.126. The van der Waals surface area contributed by atoms with Crippen LogP contribution in [-0.4, -0.2) is 64.1 Å². The van der Waals surface area contributed by atoms with Crippen molar-refractivity contribution in [1.82, 2.24) is 25.3 Å². The SMILES string of the molecule is CC(C)c1noc(CN2CCN(C(C)C(=O)NC3CC3)CC2)n1. The molecule has 23 heavy (non-hydrogen) atoms. The Hall–Kier alpha value is -1.47. The van der Waals surface area contributed by atoms with E-state index < -0.39 is 0 Å². The molecular formula is C16H27N5O2. The molecule has 7 nitrogen and oxygen atoms in total. The Morgan fingerprint density at radius 1 is 1.26 bits per heavy atom. The number of carbonyl (C=O) groups excluding carboxylic acids is 1. The fourth-order valence-corrected chi connectivity index (χ4v) is 2.78. The topological polar surface area (TPSA) is 74.5 Å². The third-order valence-corrected chi connectivity index (χ3v) is 4.62. The van der Waals surface area contributed by atoms with Gasteiger partial charge in [-0.1, -0.05) is 19.0 Å². The number of hydrogen-bond acceptors (Lipinski definition) is 6. The van der Waals surface area contributed by atoms with Gasteiger partial charge in [-0.2, -0.15) is 4.98 Å². The van der Waals surface area contributed by atoms with Crippen LogP contribution < -0.4 is 5.32 Å². The van der Waals surface area contributed by atoms with Crippen molar-refractivity contribution in [2.75, 3.05) is 26.2 Å². The van der Waals surface area contributed by atoms with Crippen LogP contribution in [0, 0.1) is 0 Å². The molecule has 1 saturated carbocycles. The van der Waals surface area contributed by atoms with Crippen molar-refractivity contribution in [3.8, 4) is 0 Å². The van der Waals surface area contributed by atoms with Gasteiger partial charge in [-0.25, -0.2) is 0 Å². The van der Waals surface area contributed by atoms with E-state index in [1.165, 1.54) is 0 Å². The second-order valence-corrected chi connectivity index (χ2v) is 6.97. The summed E-state index contributed by atoms with van der Waals surface area (Å²) >= 11 is 0. The standard InChI is InChI=1S/C16H27N5O2/c1-11(2)15-18-14(23-19-15)10-20-6-8-21(9-7-20)12(3)16(22)17-13-4-5-13/h11-13H,4-10H2,1-3H3,(H,17,22). The van der Waals surface area contributed by atoms with E-state index in [9.17, 15) is 4.79 Å². The molecule has 0 radical (unpaired) electrons. The Morgan fingerprint density at radius 3 is 2.52 bits per heavy atom. The maximum atomic E-state index is 12.1. The van der Waals surface area contributed by atoms with Crippen molar-refractivity contribution in [3.63, 3.8) is 0 Å². The molecule has 1 amide bonds. The minimum atomic E-state index is -0.0475. The molecule has 1 aromatic heterocycles. The zero-order chi connectivity index (χ0) is 16.4. The highest BCUT2D eigenvalue weighted by Crippen LogP contribution is 2.19. The summed E-state index contributed by atoms with van der Waals surface area (Å²) in [5, 5.41) is 7.09. The first kappa shape index (κ1) is 16.4. The normalized spacial score (nSPS) is 21.6. The van der Waals surface area contributed by atoms with Crippen LogP contribution in [0.4, 0.5) is 0 Å². The molecule has 0 bridgehead atoms. The van der Waals surface area contributed by atoms with Gasteiger partial charge in [0.2, 0.25) is 11.8 Å². The number of piperazine rings is 1. The third-order valence-electron chi connectivity index (χ3n) is 4.62. The summed E-state index contributed by atoms with van der Waals surface area (Å²) in [6, 6.07) is 0.382. The summed E-state index contributed by atoms with van der Waals surface area (Å²) < 4.78 is 5.31. The third kappa shape index (κ3) is 4.29. The van der Waals surface area contributed by atoms with Gasteiger partial charge in [-0.05, 0) is 19.8 Å². The second kappa shape index (κ2) is 6.97. The smallest absolute Gasteiger partial charge is 0.240 e. The predicted molar refractivity (Wildman–Crippen MR) is 85.9 cm³/mol. The van der Waals surface area contributed by atoms with Gasteiger partial charge in [0.05, 0.1) is 12.6 Å². The number of nitrogens with zero attached hydrogens (tertiary/aromatic N) is 4. The number of nitrogens with one attached hydrogen (secondary N) is 1. The molecule has 2 fully saturated rings. The van der Waals surface area contributed by atoms with E-state index in [0.717, 1.165) is 44.8 Å². The highest BCUT2D eigenvalue weighted by molar-refractivity contribution is 5.81. The van der Waals surface area contributed by atoms with E-state index in [2.05, 4.69) is 39.1 Å². The van der Waals surface area contributed by atoms with E-state index in [-0.39, 0.29) is 17.9 Å². The van der Waals surface area contributed by atoms with Crippen LogP contribution in [-0.2, 0) is 11.3 Å². The van der Waals surface area contributed by atoms with E-state index in [1.54, 1.807) is 0 Å². The van der Waals surface area contributed by atoms with Crippen molar-refractivity contribution in [2.45, 2.75) is 58.2 Å². The van der Waals surface area contributed by atoms with Gasteiger partial charge in [0.25, 0.3) is 0 Å². The summed E-state index contributed by atoms with van der Waals surface area (Å²) in [6.45, 7) is 10.4. The molecule has 1 saturated heterocycles. The van der Waals surface area contributed by atoms with Crippen LogP contribution in [0.25, 0.3) is 0 Å². The van der Waals surface area contributed by atoms with Crippen LogP contribution in [0.2, 0.25) is 0 Å². The zero-order valence-corrected chi connectivity index (χ0v) is 14.3. The van der Waals surface area contributed by atoms with E-state index >= 15 is 0 Å². The van der Waals surface area contributed by atoms with Crippen molar-refractivity contribution in [2.24, 2.45) is 0 Å². The Labute approximate surface area is 137 Å². The highest BCUT2D eigenvalue weighted by atomic mass is 16.5. The summed E-state index contributed by atoms with van der Waals surface area (Å²) in [5.41, 5.74) is 0. The van der Waals surface area contributed by atoms with Gasteiger partial charge in [0.15, 0.2) is 5.82 Å². The lowest BCUT2D eigenvalue weighted by Crippen LogP contribution is -2.53. The molecule has 2 heterocycles. The molecule has 1 atom stereocenters. The Kier molecular flexibility index (Phi) is 4.96. The van der Waals surface area contributed by atoms with Crippen LogP contribution >= 0.6 is 0 Å². The fourth-order valence-electron chi connectivity index (χ4n) is 2.78. The van der Waals surface area contributed by atoms with Crippen molar-refractivity contribution in [3.05, 3.63) is 11.7 Å². The van der Waals surface area contributed by atoms with Gasteiger partial charge in [0.1, 0.15) is 0 Å².